The van der Waals surface area contributed by atoms with E-state index in [9.17, 15) is 24.9 Å². The highest BCUT2D eigenvalue weighted by atomic mass is 16.6. The van der Waals surface area contributed by atoms with Crippen LogP contribution in [0.4, 0.5) is 5.69 Å². The number of benzene rings is 1. The Hall–Kier alpha value is -2.04. The Kier molecular flexibility index (Phi) is 8.77. The fourth-order valence-electron chi connectivity index (χ4n) is 5.34. The molecular formula is C26H38N2O7. The molecule has 194 valence electrons. The van der Waals surface area contributed by atoms with E-state index in [1.54, 1.807) is 29.2 Å². The van der Waals surface area contributed by atoms with Gasteiger partial charge in [0.2, 0.25) is 5.91 Å². The number of unbranched alkanes of at least 4 members (excludes halogenated alkanes) is 5. The van der Waals surface area contributed by atoms with Crippen molar-refractivity contribution in [2.75, 3.05) is 24.6 Å². The number of nitrogens with zero attached hydrogens (tertiary/aromatic N) is 2. The molecule has 3 N–H and O–H groups in total. The number of hydrogen-bond acceptors (Lipinski definition) is 7. The molecule has 0 aromatic heterocycles. The van der Waals surface area contributed by atoms with Crippen LogP contribution >= 0.6 is 0 Å². The third-order valence-corrected chi connectivity index (χ3v) is 7.32. The van der Waals surface area contributed by atoms with E-state index in [1.807, 2.05) is 0 Å². The second kappa shape index (κ2) is 11.8. The molecule has 1 aromatic rings. The van der Waals surface area contributed by atoms with E-state index in [0.717, 1.165) is 25.7 Å². The first-order chi connectivity index (χ1) is 16.9. The van der Waals surface area contributed by atoms with Gasteiger partial charge in [-0.2, -0.15) is 0 Å². The lowest BCUT2D eigenvalue weighted by molar-refractivity contribution is -0.287. The standard InChI is InChI=1S/C26H38N2O7/c1-2-3-4-5-6-9-15-34-23-21(29)20(35-26(33)22(23)30)16-28-18-12-8-7-11-17(18)24(31)27-14-10-13-19(27)25(28)32/h7-8,11-12,19-23,26,29-30,33H,2-6,9-10,13-16H2,1H3/t19?,20-,21-,22-,23+,26+/m1/s1. The predicted octanol–water partition coefficient (Wildman–Crippen LogP) is 1.82. The van der Waals surface area contributed by atoms with Gasteiger partial charge in [-0.15, -0.1) is 0 Å². The Morgan fingerprint density at radius 2 is 1.77 bits per heavy atom. The topological polar surface area (TPSA) is 120 Å². The Balaban J connectivity index is 1.46. The number of ether oxygens (including phenoxy) is 2. The first-order valence-electron chi connectivity index (χ1n) is 13.0. The summed E-state index contributed by atoms with van der Waals surface area (Å²) in [5.74, 6) is -0.415. The van der Waals surface area contributed by atoms with Crippen molar-refractivity contribution in [3.63, 3.8) is 0 Å². The molecule has 0 saturated carbocycles. The molecule has 35 heavy (non-hydrogen) atoms. The Morgan fingerprint density at radius 3 is 2.57 bits per heavy atom. The molecule has 1 aromatic carbocycles. The summed E-state index contributed by atoms with van der Waals surface area (Å²) in [7, 11) is 0. The van der Waals surface area contributed by atoms with Gasteiger partial charge in [-0.25, -0.2) is 0 Å². The van der Waals surface area contributed by atoms with Crippen LogP contribution < -0.4 is 4.90 Å². The van der Waals surface area contributed by atoms with Crippen molar-refractivity contribution in [2.45, 2.75) is 95.0 Å². The second-order valence-electron chi connectivity index (χ2n) is 9.77. The smallest absolute Gasteiger partial charge is 0.256 e. The quantitative estimate of drug-likeness (QED) is 0.428. The molecule has 1 unspecified atom stereocenters. The van der Waals surface area contributed by atoms with E-state index in [1.165, 1.54) is 24.2 Å². The van der Waals surface area contributed by atoms with Crippen molar-refractivity contribution < 1.29 is 34.4 Å². The first kappa shape index (κ1) is 26.0. The van der Waals surface area contributed by atoms with Crippen LogP contribution in [0.25, 0.3) is 0 Å². The van der Waals surface area contributed by atoms with Crippen LogP contribution in [0.1, 0.15) is 68.6 Å². The van der Waals surface area contributed by atoms with Crippen LogP contribution in [0, 0.1) is 0 Å². The largest absolute Gasteiger partial charge is 0.388 e. The maximum atomic E-state index is 13.5. The summed E-state index contributed by atoms with van der Waals surface area (Å²) < 4.78 is 11.3. The third-order valence-electron chi connectivity index (χ3n) is 7.32. The number of carbonyl (C=O) groups is 2. The normalized spacial score (nSPS) is 30.9. The monoisotopic (exact) mass is 490 g/mol. The molecule has 6 atom stereocenters. The van der Waals surface area contributed by atoms with E-state index >= 15 is 0 Å². The number of carbonyl (C=O) groups excluding carboxylic acids is 2. The summed E-state index contributed by atoms with van der Waals surface area (Å²) in [5.41, 5.74) is 0.880. The molecule has 2 fully saturated rings. The number of fused-ring (bicyclic) bond motifs is 2. The minimum absolute atomic E-state index is 0.0741. The predicted molar refractivity (Wildman–Crippen MR) is 129 cm³/mol. The number of rotatable bonds is 10. The highest BCUT2D eigenvalue weighted by molar-refractivity contribution is 6.11. The van der Waals surface area contributed by atoms with Crippen LogP contribution in [0.15, 0.2) is 24.3 Å². The number of hydrogen-bond donors (Lipinski definition) is 3. The van der Waals surface area contributed by atoms with Crippen molar-refractivity contribution in [2.24, 2.45) is 0 Å². The maximum absolute atomic E-state index is 13.5. The summed E-state index contributed by atoms with van der Waals surface area (Å²) >= 11 is 0. The Morgan fingerprint density at radius 1 is 1.03 bits per heavy atom. The fourth-order valence-corrected chi connectivity index (χ4v) is 5.34. The molecule has 3 aliphatic rings. The van der Waals surface area contributed by atoms with Crippen molar-refractivity contribution >= 4 is 17.5 Å². The van der Waals surface area contributed by atoms with Gasteiger partial charge in [-0.05, 0) is 31.4 Å². The summed E-state index contributed by atoms with van der Waals surface area (Å²) in [6.07, 6.45) is 1.51. The lowest BCUT2D eigenvalue weighted by Crippen LogP contribution is -2.61. The van der Waals surface area contributed by atoms with E-state index in [0.29, 0.717) is 30.8 Å². The summed E-state index contributed by atoms with van der Waals surface area (Å²) in [6, 6.07) is 6.35. The van der Waals surface area contributed by atoms with Crippen molar-refractivity contribution in [1.29, 1.82) is 0 Å². The summed E-state index contributed by atoms with van der Waals surface area (Å²) in [5, 5.41) is 31.8. The number of anilines is 1. The van der Waals surface area contributed by atoms with Gasteiger partial charge in [0.15, 0.2) is 6.29 Å². The molecule has 0 spiro atoms. The molecule has 2 saturated heterocycles. The van der Waals surface area contributed by atoms with Crippen LogP contribution in [0.5, 0.6) is 0 Å². The van der Waals surface area contributed by atoms with Crippen LogP contribution in [0.3, 0.4) is 0 Å². The molecule has 0 aliphatic carbocycles. The zero-order chi connectivity index (χ0) is 24.9. The Labute approximate surface area is 206 Å². The van der Waals surface area contributed by atoms with Gasteiger partial charge in [-0.3, -0.25) is 9.59 Å². The van der Waals surface area contributed by atoms with Crippen molar-refractivity contribution in [3.05, 3.63) is 29.8 Å². The lowest BCUT2D eigenvalue weighted by atomic mass is 9.97. The minimum Gasteiger partial charge on any atom is -0.388 e. The highest BCUT2D eigenvalue weighted by Gasteiger charge is 2.48. The summed E-state index contributed by atoms with van der Waals surface area (Å²) in [6.45, 7) is 2.97. The van der Waals surface area contributed by atoms with Crippen LogP contribution in [-0.2, 0) is 14.3 Å². The van der Waals surface area contributed by atoms with Gasteiger partial charge in [0.05, 0.1) is 17.8 Å². The van der Waals surface area contributed by atoms with Gasteiger partial charge in [0, 0.05) is 13.2 Å². The van der Waals surface area contributed by atoms with Crippen LogP contribution in [0.2, 0.25) is 0 Å². The molecule has 2 amide bonds. The fraction of sp³-hybridized carbons (Fsp3) is 0.692. The molecule has 3 heterocycles. The third kappa shape index (κ3) is 5.54. The first-order valence-corrected chi connectivity index (χ1v) is 13.0. The van der Waals surface area contributed by atoms with Gasteiger partial charge in [0.1, 0.15) is 30.5 Å². The molecule has 9 heteroatoms. The number of amides is 2. The Bertz CT molecular complexity index is 881. The van der Waals surface area contributed by atoms with E-state index in [4.69, 9.17) is 9.47 Å². The molecule has 0 radical (unpaired) electrons. The maximum Gasteiger partial charge on any atom is 0.256 e. The zero-order valence-electron chi connectivity index (χ0n) is 20.4. The van der Waals surface area contributed by atoms with Crippen molar-refractivity contribution in [1.82, 2.24) is 4.90 Å². The number of para-hydroxylation sites is 1. The average Bonchev–Trinajstić information content (AvgIpc) is 3.33. The van der Waals surface area contributed by atoms with Crippen LogP contribution in [-0.4, -0.2) is 88.5 Å². The second-order valence-corrected chi connectivity index (χ2v) is 9.77. The highest BCUT2D eigenvalue weighted by Crippen LogP contribution is 2.34. The molecule has 3 aliphatic heterocycles. The van der Waals surface area contributed by atoms with E-state index in [-0.39, 0.29) is 18.4 Å². The zero-order valence-corrected chi connectivity index (χ0v) is 20.4. The van der Waals surface area contributed by atoms with Gasteiger partial charge >= 0.3 is 0 Å². The lowest BCUT2D eigenvalue weighted by Gasteiger charge is -2.42. The van der Waals surface area contributed by atoms with Crippen molar-refractivity contribution in [3.8, 4) is 0 Å². The number of aliphatic hydroxyl groups excluding tert-OH is 3. The molecule has 0 bridgehead atoms. The average molecular weight is 491 g/mol. The molecular weight excluding hydrogens is 452 g/mol. The minimum atomic E-state index is -1.56. The van der Waals surface area contributed by atoms with Gasteiger partial charge in [0.25, 0.3) is 5.91 Å². The molecule has 4 rings (SSSR count). The SMILES string of the molecule is CCCCCCCCO[C@@H]1[C@@H](O)[C@@H](O)O[C@H](CN2C(=O)C3CCCN3C(=O)c3ccccc32)[C@H]1O. The summed E-state index contributed by atoms with van der Waals surface area (Å²) in [4.78, 5) is 29.7. The van der Waals surface area contributed by atoms with E-state index < -0.39 is 36.7 Å². The number of aliphatic hydroxyl groups is 3. The van der Waals surface area contributed by atoms with E-state index in [2.05, 4.69) is 6.92 Å². The van der Waals surface area contributed by atoms with Gasteiger partial charge < -0.3 is 34.6 Å². The molecule has 9 nitrogen and oxygen atoms in total. The van der Waals surface area contributed by atoms with Gasteiger partial charge in [-0.1, -0.05) is 51.2 Å².